The molecule has 0 saturated carbocycles. The van der Waals surface area contributed by atoms with Crippen molar-refractivity contribution < 1.29 is 9.47 Å². The Morgan fingerprint density at radius 1 is 1.05 bits per heavy atom. The number of benzene rings is 1. The minimum atomic E-state index is 0.508. The van der Waals surface area contributed by atoms with Crippen molar-refractivity contribution in [2.24, 2.45) is 0 Å². The van der Waals surface area contributed by atoms with Gasteiger partial charge in [-0.2, -0.15) is 5.10 Å². The first kappa shape index (κ1) is 15.4. The van der Waals surface area contributed by atoms with E-state index in [1.54, 1.807) is 6.20 Å². The van der Waals surface area contributed by atoms with Gasteiger partial charge in [0.25, 0.3) is 0 Å². The second kappa shape index (κ2) is 8.32. The number of nitrogens with zero attached hydrogens (tertiary/aromatic N) is 2. The lowest BCUT2D eigenvalue weighted by Crippen LogP contribution is -2.11. The van der Waals surface area contributed by atoms with Crippen LogP contribution in [0.1, 0.15) is 19.4 Å². The molecule has 2 rings (SSSR count). The molecule has 0 spiro atoms. The van der Waals surface area contributed by atoms with Crippen molar-refractivity contribution in [2.45, 2.75) is 26.9 Å². The summed E-state index contributed by atoms with van der Waals surface area (Å²) in [4.78, 5) is 0. The van der Waals surface area contributed by atoms with Crippen molar-refractivity contribution in [3.8, 4) is 11.5 Å². The Balaban J connectivity index is 1.68. The molecule has 2 aromatic rings. The van der Waals surface area contributed by atoms with Gasteiger partial charge in [-0.05, 0) is 31.2 Å². The fraction of sp³-hybridized carbons (Fsp3) is 0.438. The molecule has 21 heavy (non-hydrogen) atoms. The van der Waals surface area contributed by atoms with E-state index in [0.717, 1.165) is 31.1 Å². The standard InChI is InChI=1S/C16H23N3O2/c1-3-17-11-14-5-7-15(8-6-14)20-9-10-21-16-12-18-19(4-2)13-16/h5-8,12-13,17H,3-4,9-11H2,1-2H3. The van der Waals surface area contributed by atoms with Crippen LogP contribution in [-0.4, -0.2) is 29.5 Å². The average Bonchev–Trinajstić information content (AvgIpc) is 2.99. The number of nitrogens with one attached hydrogen (secondary N) is 1. The summed E-state index contributed by atoms with van der Waals surface area (Å²) in [6.07, 6.45) is 3.61. The minimum Gasteiger partial charge on any atom is -0.490 e. The third-order valence-corrected chi connectivity index (χ3v) is 3.06. The molecule has 1 N–H and O–H groups in total. The summed E-state index contributed by atoms with van der Waals surface area (Å²) in [5.74, 6) is 1.64. The van der Waals surface area contributed by atoms with E-state index >= 15 is 0 Å². The second-order valence-electron chi connectivity index (χ2n) is 4.65. The lowest BCUT2D eigenvalue weighted by Gasteiger charge is -2.08. The molecular formula is C16H23N3O2. The van der Waals surface area contributed by atoms with Gasteiger partial charge in [0.2, 0.25) is 0 Å². The van der Waals surface area contributed by atoms with Crippen LogP contribution in [0.15, 0.2) is 36.7 Å². The summed E-state index contributed by atoms with van der Waals surface area (Å²) in [7, 11) is 0. The number of ether oxygens (including phenoxy) is 2. The van der Waals surface area contributed by atoms with Crippen LogP contribution >= 0.6 is 0 Å². The van der Waals surface area contributed by atoms with Gasteiger partial charge in [0.15, 0.2) is 5.75 Å². The van der Waals surface area contributed by atoms with Gasteiger partial charge in [-0.25, -0.2) is 0 Å². The molecule has 5 nitrogen and oxygen atoms in total. The molecule has 0 amide bonds. The molecule has 1 aromatic carbocycles. The number of hydrogen-bond acceptors (Lipinski definition) is 4. The zero-order valence-corrected chi connectivity index (χ0v) is 12.7. The number of hydrogen-bond donors (Lipinski definition) is 1. The summed E-state index contributed by atoms with van der Waals surface area (Å²) >= 11 is 0. The van der Waals surface area contributed by atoms with E-state index < -0.39 is 0 Å². The molecule has 0 atom stereocenters. The predicted molar refractivity (Wildman–Crippen MR) is 82.7 cm³/mol. The number of aryl methyl sites for hydroxylation is 1. The third kappa shape index (κ3) is 5.11. The van der Waals surface area contributed by atoms with E-state index in [-0.39, 0.29) is 0 Å². The largest absolute Gasteiger partial charge is 0.490 e. The first-order valence-corrected chi connectivity index (χ1v) is 7.39. The molecule has 0 radical (unpaired) electrons. The maximum atomic E-state index is 5.65. The van der Waals surface area contributed by atoms with Gasteiger partial charge < -0.3 is 14.8 Å². The van der Waals surface area contributed by atoms with Crippen molar-refractivity contribution in [1.29, 1.82) is 0 Å². The Morgan fingerprint density at radius 2 is 1.76 bits per heavy atom. The zero-order valence-electron chi connectivity index (χ0n) is 12.7. The van der Waals surface area contributed by atoms with Gasteiger partial charge in [0.05, 0.1) is 12.4 Å². The van der Waals surface area contributed by atoms with E-state index in [0.29, 0.717) is 13.2 Å². The van der Waals surface area contributed by atoms with Gasteiger partial charge >= 0.3 is 0 Å². The van der Waals surface area contributed by atoms with E-state index in [1.807, 2.05) is 29.9 Å². The molecule has 0 aliphatic heterocycles. The summed E-state index contributed by atoms with van der Waals surface area (Å²) in [6.45, 7) is 7.88. The van der Waals surface area contributed by atoms with E-state index in [4.69, 9.17) is 9.47 Å². The van der Waals surface area contributed by atoms with Crippen LogP contribution in [0.4, 0.5) is 0 Å². The lowest BCUT2D eigenvalue weighted by atomic mass is 10.2. The van der Waals surface area contributed by atoms with Crippen LogP contribution < -0.4 is 14.8 Å². The fourth-order valence-electron chi connectivity index (χ4n) is 1.88. The SMILES string of the molecule is CCNCc1ccc(OCCOc2cnn(CC)c2)cc1. The Morgan fingerprint density at radius 3 is 2.38 bits per heavy atom. The van der Waals surface area contributed by atoms with Crippen molar-refractivity contribution >= 4 is 0 Å². The highest BCUT2D eigenvalue weighted by molar-refractivity contribution is 5.27. The van der Waals surface area contributed by atoms with Gasteiger partial charge in [-0.3, -0.25) is 4.68 Å². The van der Waals surface area contributed by atoms with Gasteiger partial charge in [-0.1, -0.05) is 19.1 Å². The third-order valence-electron chi connectivity index (χ3n) is 3.06. The maximum absolute atomic E-state index is 5.65. The molecule has 0 aliphatic rings. The van der Waals surface area contributed by atoms with E-state index in [2.05, 4.69) is 29.5 Å². The molecule has 0 bridgehead atoms. The van der Waals surface area contributed by atoms with Crippen LogP contribution in [0, 0.1) is 0 Å². The Hall–Kier alpha value is -2.01. The van der Waals surface area contributed by atoms with Crippen LogP contribution in [0.5, 0.6) is 11.5 Å². The lowest BCUT2D eigenvalue weighted by molar-refractivity contribution is 0.217. The van der Waals surface area contributed by atoms with Crippen LogP contribution in [0.25, 0.3) is 0 Å². The number of rotatable bonds is 9. The maximum Gasteiger partial charge on any atom is 0.157 e. The van der Waals surface area contributed by atoms with Crippen LogP contribution in [-0.2, 0) is 13.1 Å². The topological polar surface area (TPSA) is 48.3 Å². The van der Waals surface area contributed by atoms with Crippen LogP contribution in [0.2, 0.25) is 0 Å². The Labute approximate surface area is 125 Å². The Bertz CT molecular complexity index is 523. The molecule has 0 unspecified atom stereocenters. The molecule has 1 aromatic heterocycles. The van der Waals surface area contributed by atoms with Crippen molar-refractivity contribution in [3.63, 3.8) is 0 Å². The predicted octanol–water partition coefficient (Wildman–Crippen LogP) is 2.47. The highest BCUT2D eigenvalue weighted by Gasteiger charge is 1.99. The fourth-order valence-corrected chi connectivity index (χ4v) is 1.88. The molecule has 0 aliphatic carbocycles. The van der Waals surface area contributed by atoms with E-state index in [9.17, 15) is 0 Å². The first-order valence-electron chi connectivity index (χ1n) is 7.39. The normalized spacial score (nSPS) is 10.6. The summed E-state index contributed by atoms with van der Waals surface area (Å²) in [6, 6.07) is 8.12. The molecular weight excluding hydrogens is 266 g/mol. The van der Waals surface area contributed by atoms with Crippen LogP contribution in [0.3, 0.4) is 0 Å². The van der Waals surface area contributed by atoms with E-state index in [1.165, 1.54) is 5.56 Å². The summed E-state index contributed by atoms with van der Waals surface area (Å²) in [5.41, 5.74) is 1.26. The summed E-state index contributed by atoms with van der Waals surface area (Å²) < 4.78 is 13.0. The smallest absolute Gasteiger partial charge is 0.157 e. The van der Waals surface area contributed by atoms with Crippen molar-refractivity contribution in [1.82, 2.24) is 15.1 Å². The Kier molecular flexibility index (Phi) is 6.09. The first-order chi connectivity index (χ1) is 10.3. The monoisotopic (exact) mass is 289 g/mol. The molecule has 0 saturated heterocycles. The molecule has 114 valence electrons. The zero-order chi connectivity index (χ0) is 14.9. The second-order valence-corrected chi connectivity index (χ2v) is 4.65. The molecule has 0 fully saturated rings. The average molecular weight is 289 g/mol. The van der Waals surface area contributed by atoms with Gasteiger partial charge in [0.1, 0.15) is 19.0 Å². The van der Waals surface area contributed by atoms with Gasteiger partial charge in [-0.15, -0.1) is 0 Å². The number of aromatic nitrogens is 2. The van der Waals surface area contributed by atoms with Crippen molar-refractivity contribution in [3.05, 3.63) is 42.2 Å². The molecule has 1 heterocycles. The molecule has 5 heteroatoms. The highest BCUT2D eigenvalue weighted by atomic mass is 16.5. The summed E-state index contributed by atoms with van der Waals surface area (Å²) in [5, 5.41) is 7.44. The van der Waals surface area contributed by atoms with Crippen molar-refractivity contribution in [2.75, 3.05) is 19.8 Å². The quantitative estimate of drug-likeness (QED) is 0.720. The van der Waals surface area contributed by atoms with Gasteiger partial charge in [0, 0.05) is 13.1 Å². The minimum absolute atomic E-state index is 0.508. The highest BCUT2D eigenvalue weighted by Crippen LogP contribution is 2.12.